The Morgan fingerprint density at radius 3 is 2.55 bits per heavy atom. The van der Waals surface area contributed by atoms with Crippen molar-refractivity contribution < 1.29 is 0 Å². The summed E-state index contributed by atoms with van der Waals surface area (Å²) < 4.78 is 0. The summed E-state index contributed by atoms with van der Waals surface area (Å²) in [7, 11) is 0. The largest absolute Gasteiger partial charge is 0.0945 e. The highest BCUT2D eigenvalue weighted by Crippen LogP contribution is 2.25. The first-order valence-electron chi connectivity index (χ1n) is 7.53. The summed E-state index contributed by atoms with van der Waals surface area (Å²) in [5.41, 5.74) is 2.12. The lowest BCUT2D eigenvalue weighted by Crippen LogP contribution is -2.03. The van der Waals surface area contributed by atoms with Gasteiger partial charge in [-0.25, -0.2) is 0 Å². The van der Waals surface area contributed by atoms with E-state index in [1.54, 1.807) is 0 Å². The van der Waals surface area contributed by atoms with Crippen LogP contribution in [0.3, 0.4) is 0 Å². The van der Waals surface area contributed by atoms with Crippen LogP contribution < -0.4 is 0 Å². The van der Waals surface area contributed by atoms with E-state index in [0.717, 1.165) is 5.57 Å². The molecule has 1 aliphatic carbocycles. The van der Waals surface area contributed by atoms with Crippen LogP contribution in [0.25, 0.3) is 16.3 Å². The van der Waals surface area contributed by atoms with Gasteiger partial charge >= 0.3 is 0 Å². The van der Waals surface area contributed by atoms with Crippen molar-refractivity contribution in [1.82, 2.24) is 0 Å². The van der Waals surface area contributed by atoms with Crippen LogP contribution in [0, 0.1) is 17.8 Å². The summed E-state index contributed by atoms with van der Waals surface area (Å²) in [6.07, 6.45) is 6.56. The fourth-order valence-corrected chi connectivity index (χ4v) is 2.99. The lowest BCUT2D eigenvalue weighted by Gasteiger charge is -2.15. The zero-order valence-corrected chi connectivity index (χ0v) is 11.9. The van der Waals surface area contributed by atoms with E-state index >= 15 is 0 Å². The molecule has 0 atom stereocenters. The van der Waals surface area contributed by atoms with Gasteiger partial charge in [-0.3, -0.25) is 0 Å². The molecule has 1 aliphatic rings. The van der Waals surface area contributed by atoms with E-state index in [1.165, 1.54) is 48.4 Å². The van der Waals surface area contributed by atoms with Crippen LogP contribution in [-0.4, -0.2) is 0 Å². The van der Waals surface area contributed by atoms with E-state index in [1.807, 2.05) is 0 Å². The van der Waals surface area contributed by atoms with E-state index in [4.69, 9.17) is 0 Å². The fraction of sp³-hybridized carbons (Fsp3) is 0.300. The third-order valence-corrected chi connectivity index (χ3v) is 4.15. The number of rotatable bonds is 1. The van der Waals surface area contributed by atoms with Gasteiger partial charge in [0.25, 0.3) is 0 Å². The van der Waals surface area contributed by atoms with Crippen LogP contribution in [-0.2, 0) is 0 Å². The Kier molecular flexibility index (Phi) is 3.88. The van der Waals surface area contributed by atoms with Gasteiger partial charge in [0.1, 0.15) is 0 Å². The van der Waals surface area contributed by atoms with E-state index in [2.05, 4.69) is 60.9 Å². The standard InChI is InChI=1S/C20H20/c1-16(14-15-17-8-3-2-4-9-17)19-13-7-11-18-10-5-6-12-20(18)19/h5-7,10-13,17H,1-4,8-9H2. The minimum Gasteiger partial charge on any atom is -0.0945 e. The van der Waals surface area contributed by atoms with Crippen molar-refractivity contribution in [2.75, 3.05) is 0 Å². The average molecular weight is 260 g/mol. The minimum atomic E-state index is 0.579. The van der Waals surface area contributed by atoms with Crippen LogP contribution in [0.2, 0.25) is 0 Å². The molecule has 0 spiro atoms. The van der Waals surface area contributed by atoms with Crippen molar-refractivity contribution in [3.63, 3.8) is 0 Å². The molecule has 100 valence electrons. The molecule has 0 heterocycles. The van der Waals surface area contributed by atoms with Crippen molar-refractivity contribution >= 4 is 16.3 Å². The number of allylic oxidation sites excluding steroid dienone is 1. The minimum absolute atomic E-state index is 0.579. The van der Waals surface area contributed by atoms with Crippen LogP contribution in [0.4, 0.5) is 0 Å². The van der Waals surface area contributed by atoms with Crippen molar-refractivity contribution in [3.05, 3.63) is 54.6 Å². The molecular formula is C20H20. The van der Waals surface area contributed by atoms with Gasteiger partial charge < -0.3 is 0 Å². The molecule has 0 bridgehead atoms. The molecule has 0 aromatic heterocycles. The molecule has 1 fully saturated rings. The van der Waals surface area contributed by atoms with Crippen molar-refractivity contribution in [2.24, 2.45) is 5.92 Å². The zero-order valence-electron chi connectivity index (χ0n) is 11.9. The summed E-state index contributed by atoms with van der Waals surface area (Å²) in [4.78, 5) is 0. The van der Waals surface area contributed by atoms with Crippen molar-refractivity contribution in [3.8, 4) is 11.8 Å². The third kappa shape index (κ3) is 2.78. The van der Waals surface area contributed by atoms with Gasteiger partial charge in [0, 0.05) is 11.5 Å². The average Bonchev–Trinajstić information content (AvgIpc) is 2.53. The topological polar surface area (TPSA) is 0 Å². The second-order valence-electron chi connectivity index (χ2n) is 5.61. The maximum Gasteiger partial charge on any atom is 0.0252 e. The van der Waals surface area contributed by atoms with Gasteiger partial charge in [0.05, 0.1) is 0 Å². The molecule has 0 radical (unpaired) electrons. The second-order valence-corrected chi connectivity index (χ2v) is 5.61. The van der Waals surface area contributed by atoms with E-state index in [9.17, 15) is 0 Å². The van der Waals surface area contributed by atoms with E-state index in [0.29, 0.717) is 5.92 Å². The van der Waals surface area contributed by atoms with Gasteiger partial charge in [-0.2, -0.15) is 0 Å². The van der Waals surface area contributed by atoms with Crippen molar-refractivity contribution in [1.29, 1.82) is 0 Å². The molecule has 0 saturated heterocycles. The summed E-state index contributed by atoms with van der Waals surface area (Å²) >= 11 is 0. The van der Waals surface area contributed by atoms with Gasteiger partial charge in [-0.1, -0.05) is 80.1 Å². The molecule has 2 aromatic rings. The summed E-state index contributed by atoms with van der Waals surface area (Å²) in [6.45, 7) is 4.19. The third-order valence-electron chi connectivity index (χ3n) is 4.15. The number of hydrogen-bond acceptors (Lipinski definition) is 0. The van der Waals surface area contributed by atoms with Crippen LogP contribution in [0.5, 0.6) is 0 Å². The highest BCUT2D eigenvalue weighted by atomic mass is 14.1. The maximum atomic E-state index is 4.19. The fourth-order valence-electron chi connectivity index (χ4n) is 2.99. The Hall–Kier alpha value is -2.00. The van der Waals surface area contributed by atoms with Gasteiger partial charge in [0.15, 0.2) is 0 Å². The van der Waals surface area contributed by atoms with Crippen molar-refractivity contribution in [2.45, 2.75) is 32.1 Å². The molecular weight excluding hydrogens is 240 g/mol. The maximum absolute atomic E-state index is 4.19. The zero-order chi connectivity index (χ0) is 13.8. The molecule has 1 saturated carbocycles. The summed E-state index contributed by atoms with van der Waals surface area (Å²) in [5.74, 6) is 7.33. The quantitative estimate of drug-likeness (QED) is 0.599. The summed E-state index contributed by atoms with van der Waals surface area (Å²) in [6, 6.07) is 14.8. The molecule has 0 amide bonds. The molecule has 0 nitrogen and oxygen atoms in total. The molecule has 3 rings (SSSR count). The molecule has 0 heteroatoms. The highest BCUT2D eigenvalue weighted by molar-refractivity contribution is 5.96. The normalized spacial score (nSPS) is 15.6. The Labute approximate surface area is 121 Å². The second kappa shape index (κ2) is 5.97. The molecule has 0 N–H and O–H groups in total. The lowest BCUT2D eigenvalue weighted by molar-refractivity contribution is 0.430. The Bertz CT molecular complexity index is 670. The van der Waals surface area contributed by atoms with Gasteiger partial charge in [-0.05, 0) is 29.2 Å². The monoisotopic (exact) mass is 260 g/mol. The first-order chi connectivity index (χ1) is 9.84. The molecule has 0 aliphatic heterocycles. The van der Waals surface area contributed by atoms with Crippen LogP contribution in [0.1, 0.15) is 37.7 Å². The van der Waals surface area contributed by atoms with E-state index in [-0.39, 0.29) is 0 Å². The Morgan fingerprint density at radius 2 is 1.70 bits per heavy atom. The molecule has 0 unspecified atom stereocenters. The van der Waals surface area contributed by atoms with Crippen LogP contribution in [0.15, 0.2) is 49.0 Å². The number of fused-ring (bicyclic) bond motifs is 1. The molecule has 20 heavy (non-hydrogen) atoms. The smallest absolute Gasteiger partial charge is 0.0252 e. The van der Waals surface area contributed by atoms with Crippen LogP contribution >= 0.6 is 0 Å². The first kappa shape index (κ1) is 13.0. The summed E-state index contributed by atoms with van der Waals surface area (Å²) in [5, 5.41) is 2.50. The number of benzene rings is 2. The predicted molar refractivity (Wildman–Crippen MR) is 87.3 cm³/mol. The SMILES string of the molecule is C=C(C#CC1CCCCC1)c1cccc2ccccc12. The number of hydrogen-bond donors (Lipinski definition) is 0. The predicted octanol–water partition coefficient (Wildman–Crippen LogP) is 5.44. The first-order valence-corrected chi connectivity index (χ1v) is 7.53. The Balaban J connectivity index is 1.87. The van der Waals surface area contributed by atoms with Gasteiger partial charge in [0.2, 0.25) is 0 Å². The Morgan fingerprint density at radius 1 is 0.950 bits per heavy atom. The molecule has 2 aromatic carbocycles. The highest BCUT2D eigenvalue weighted by Gasteiger charge is 2.10. The van der Waals surface area contributed by atoms with E-state index < -0.39 is 0 Å². The van der Waals surface area contributed by atoms with Gasteiger partial charge in [-0.15, -0.1) is 0 Å². The lowest BCUT2D eigenvalue weighted by atomic mass is 9.89.